The number of nitrogens with zero attached hydrogens (tertiary/aromatic N) is 11. The van der Waals surface area contributed by atoms with Crippen molar-refractivity contribution in [3.05, 3.63) is 173 Å². The van der Waals surface area contributed by atoms with Crippen molar-refractivity contribution in [2.24, 2.45) is 20.9 Å². The van der Waals surface area contributed by atoms with Crippen LogP contribution in [0.2, 0.25) is 0 Å². The van der Waals surface area contributed by atoms with Crippen LogP contribution in [0.25, 0.3) is 0 Å². The number of sulfonamides is 1. The number of amidine groups is 3. The van der Waals surface area contributed by atoms with Gasteiger partial charge in [0.05, 0.1) is 93.4 Å². The van der Waals surface area contributed by atoms with Gasteiger partial charge in [-0.15, -0.1) is 34.0 Å². The molecule has 3 unspecified atom stereocenters. The molecule has 7 aliphatic heterocycles. The number of rotatable bonds is 37. The molecule has 3 aromatic carbocycles. The molecule has 3 aliphatic carbocycles. The molecule has 3 aromatic heterocycles. The van der Waals surface area contributed by atoms with Crippen LogP contribution in [-0.2, 0) is 79.1 Å². The summed E-state index contributed by atoms with van der Waals surface area (Å²) in [5.41, 5.74) is 5.27. The summed E-state index contributed by atoms with van der Waals surface area (Å²) in [6.07, 6.45) is 23.1. The van der Waals surface area contributed by atoms with Crippen molar-refractivity contribution in [1.82, 2.24) is 70.9 Å². The van der Waals surface area contributed by atoms with Crippen LogP contribution in [0.1, 0.15) is 254 Å². The lowest BCUT2D eigenvalue weighted by Gasteiger charge is -2.43. The van der Waals surface area contributed by atoms with Crippen LogP contribution in [0.15, 0.2) is 140 Å². The number of carbonyl (C=O) groups excluding carboxylic acids is 6. The third-order valence-electron chi connectivity index (χ3n) is 29.4. The normalized spacial score (nSPS) is 25.2. The summed E-state index contributed by atoms with van der Waals surface area (Å²) in [5, 5.41) is 37.9. The Bertz CT molecular complexity index is 5200. The van der Waals surface area contributed by atoms with Gasteiger partial charge in [0.25, 0.3) is 18.1 Å². The number of nitriles is 1. The zero-order chi connectivity index (χ0) is 94.6. The Balaban J connectivity index is 0.592. The van der Waals surface area contributed by atoms with Crippen LogP contribution in [0.4, 0.5) is 0 Å². The number of aliphatic imine (C=N–C) groups is 3. The quantitative estimate of drug-likeness (QED) is 0.0178. The molecule has 0 bridgehead atoms. The van der Waals surface area contributed by atoms with Gasteiger partial charge >= 0.3 is 0 Å². The average Bonchev–Trinajstić information content (AvgIpc) is 1.57. The lowest BCUT2D eigenvalue weighted by molar-refractivity contribution is -0.145. The van der Waals surface area contributed by atoms with E-state index in [4.69, 9.17) is 29.2 Å². The maximum Gasteiger partial charge on any atom is 0.288 e. The smallest absolute Gasteiger partial charge is 0.288 e. The summed E-state index contributed by atoms with van der Waals surface area (Å²) in [6.45, 7) is 15.0. The highest BCUT2D eigenvalue weighted by Crippen LogP contribution is 2.41. The number of piperidine rings is 1. The van der Waals surface area contributed by atoms with E-state index in [1.165, 1.54) is 31.2 Å². The van der Waals surface area contributed by atoms with Crippen LogP contribution in [0, 0.1) is 17.2 Å². The van der Waals surface area contributed by atoms with Crippen molar-refractivity contribution in [3.8, 4) is 6.07 Å². The Kier molecular flexibility index (Phi) is 35.2. The zero-order valence-corrected chi connectivity index (χ0v) is 83.2. The van der Waals surface area contributed by atoms with E-state index in [1.54, 1.807) is 43.8 Å². The van der Waals surface area contributed by atoms with E-state index in [0.717, 1.165) is 159 Å². The van der Waals surface area contributed by atoms with Gasteiger partial charge in [-0.25, -0.2) is 28.1 Å². The lowest BCUT2D eigenvalue weighted by Crippen LogP contribution is -2.64. The van der Waals surface area contributed by atoms with Crippen molar-refractivity contribution in [3.63, 3.8) is 0 Å². The molecule has 6 amide bonds. The maximum atomic E-state index is 16.0. The van der Waals surface area contributed by atoms with Gasteiger partial charge in [-0.3, -0.25) is 28.8 Å². The van der Waals surface area contributed by atoms with E-state index in [-0.39, 0.29) is 117 Å². The number of likely N-dealkylation sites (tertiary alicyclic amines) is 1. The molecular formula is C103H142N18O11S4. The fraction of sp³-hybridized carbons (Fsp3) is 0.612. The van der Waals surface area contributed by atoms with Crippen molar-refractivity contribution < 1.29 is 51.4 Å². The molecule has 0 spiro atoms. The van der Waals surface area contributed by atoms with Gasteiger partial charge in [0, 0.05) is 78.6 Å². The first-order chi connectivity index (χ1) is 66.1. The van der Waals surface area contributed by atoms with Crippen molar-refractivity contribution in [2.45, 2.75) is 305 Å². The van der Waals surface area contributed by atoms with Gasteiger partial charge < -0.3 is 80.4 Å². The Morgan fingerprint density at radius 3 is 1.50 bits per heavy atom. The lowest BCUT2D eigenvalue weighted by atomic mass is 9.78. The number of amides is 6. The first kappa shape index (κ1) is 99.6. The van der Waals surface area contributed by atoms with E-state index < -0.39 is 64.5 Å². The first-order valence-corrected chi connectivity index (χ1v) is 55.1. The summed E-state index contributed by atoms with van der Waals surface area (Å²) in [7, 11) is -3.38. The van der Waals surface area contributed by atoms with Crippen LogP contribution in [0.5, 0.6) is 0 Å². The maximum absolute atomic E-state index is 16.0. The molecule has 136 heavy (non-hydrogen) atoms. The molecule has 0 radical (unpaired) electrons. The van der Waals surface area contributed by atoms with Crippen LogP contribution in [-0.4, -0.2) is 260 Å². The van der Waals surface area contributed by atoms with Crippen molar-refractivity contribution in [1.29, 1.82) is 5.26 Å². The first-order valence-electron chi connectivity index (χ1n) is 50.5. The Labute approximate surface area is 816 Å². The van der Waals surface area contributed by atoms with Gasteiger partial charge in [-0.1, -0.05) is 162 Å². The molecule has 16 rings (SSSR count). The molecule has 7 fully saturated rings. The fourth-order valence-electron chi connectivity index (χ4n) is 22.1. The van der Waals surface area contributed by atoms with E-state index >= 15 is 19.2 Å². The fourth-order valence-corrected chi connectivity index (χ4v) is 24.6. The Morgan fingerprint density at radius 2 is 0.963 bits per heavy atom. The largest absolute Gasteiger partial charge is 0.455 e. The minimum absolute atomic E-state index is 0.0239. The molecule has 10 heterocycles. The molecule has 10 aliphatic rings. The SMILES string of the molecule is CC(Cc1cc(C#N)cc([C@@H]2OC(N3CCN(C(=O)[C@@H](CCCCNS(C)(=O)=O)NC4CCCCC4)[C@H](C(=O)NCc4cccs4)C3)=N[C@H]2C)c1)N[C@H](CCCCN1CCCCC1)C(=O)N1CCN(C2=N[C@@H](C)[C@H](c3cccc(C4CCCCC4N[C@H](CC4CCCCC4)C(=O)N4CCN(C5=N[C@H](C)[C@H](c6ccccc6)O5)C[C@H]4C(=O)NCc4cccs4)c3)O2)C[C@H]1C(=O)NCc1cccs1. The molecule has 734 valence electrons. The number of ether oxygens (including phenoxy) is 3. The number of unbranched alkanes of at least 4 members (excludes halogenated alkanes) is 2. The predicted molar refractivity (Wildman–Crippen MR) is 534 cm³/mol. The average molecular weight is 1940 g/mol. The number of carbonyl (C=O) groups is 6. The van der Waals surface area contributed by atoms with E-state index in [1.807, 2.05) is 104 Å². The molecular weight excluding hydrogens is 1790 g/mol. The van der Waals surface area contributed by atoms with E-state index in [0.29, 0.717) is 114 Å². The van der Waals surface area contributed by atoms with Crippen LogP contribution < -0.4 is 36.6 Å². The van der Waals surface area contributed by atoms with Gasteiger partial charge in [-0.2, -0.15) is 5.26 Å². The molecule has 3 saturated carbocycles. The number of piperazine rings is 3. The van der Waals surface area contributed by atoms with Crippen LogP contribution in [0.3, 0.4) is 0 Å². The second kappa shape index (κ2) is 48.0. The number of hydrogen-bond donors (Lipinski definition) is 7. The third-order valence-corrected chi connectivity index (χ3v) is 32.7. The second-order valence-corrected chi connectivity index (χ2v) is 44.4. The van der Waals surface area contributed by atoms with Gasteiger partial charge in [0.2, 0.25) is 45.5 Å². The van der Waals surface area contributed by atoms with Gasteiger partial charge in [-0.05, 0) is 211 Å². The van der Waals surface area contributed by atoms with Gasteiger partial charge in [0.15, 0.2) is 0 Å². The van der Waals surface area contributed by atoms with E-state index in [9.17, 15) is 23.3 Å². The van der Waals surface area contributed by atoms with Crippen molar-refractivity contribution >= 4 is 97.5 Å². The molecule has 15 atom stereocenters. The third kappa shape index (κ3) is 26.4. The molecule has 6 aromatic rings. The topological polar surface area (TPSA) is 332 Å². The highest BCUT2D eigenvalue weighted by Gasteiger charge is 2.48. The molecule has 33 heteroatoms. The summed E-state index contributed by atoms with van der Waals surface area (Å²) in [4.78, 5) is 124. The van der Waals surface area contributed by atoms with E-state index in [2.05, 4.69) is 116 Å². The minimum Gasteiger partial charge on any atom is -0.455 e. The highest BCUT2D eigenvalue weighted by atomic mass is 32.2. The Morgan fingerprint density at radius 1 is 0.485 bits per heavy atom. The zero-order valence-electron chi connectivity index (χ0n) is 80.0. The van der Waals surface area contributed by atoms with Crippen molar-refractivity contribution in [2.75, 3.05) is 91.3 Å². The standard InChI is InChI=1S/C103H142N18O11S4/c1-69(56-74-57-75(62-104)59-79(58-74)94-72(4)112-103(132-94)118-48-51-120(90(67-118)96(123)106-64-82-37-26-54-134-82)99(126)87(113-80-34-14-8-15-35-80)41-18-20-43-108-136(5,128)129)109-86(42-19-23-46-115-44-21-9-22-45-115)98(125)119-50-47-117(66-89(119)95(122)105-63-81-36-25-53-133-81)102-111-71(3)93(131-102)78-33-24-32-77(61-78)84-39-16-17-40-85(84)114-88(60-73-28-10-6-11-29-73)100(127)121-52-49-116(68-91(121)97(124)107-65-83-38-27-55-135-83)101-110-70(2)92(130-101)76-30-12-7-13-31-76/h7,12-13,24-27,30-33,36-38,53-55,57-59,61,69-73,80,84-94,108-109,113-114H,6,8-11,14-23,28-29,34-35,39-52,56,60,63-68H2,1-5H3,(H,105,122)(H,106,123)(H,107,124)/t69?,70-,71+,72+,84?,85?,86-,87-,88-,89+,90+,91+,92-,93-,94-/m1/s1. The Hall–Kier alpha value is -9.37. The van der Waals surface area contributed by atoms with Gasteiger partial charge in [0.1, 0.15) is 36.4 Å². The molecule has 7 N–H and O–H groups in total. The predicted octanol–water partition coefficient (Wildman–Crippen LogP) is 12.6. The summed E-state index contributed by atoms with van der Waals surface area (Å²) in [6, 6.07) is 35.0. The molecule has 4 saturated heterocycles. The number of thiophene rings is 3. The number of benzene rings is 3. The molecule has 29 nitrogen and oxygen atoms in total. The number of hydrogen-bond acceptors (Lipinski definition) is 25. The summed E-state index contributed by atoms with van der Waals surface area (Å²) < 4.78 is 47.1. The monoisotopic (exact) mass is 1930 g/mol. The second-order valence-electron chi connectivity index (χ2n) is 39.5. The highest BCUT2D eigenvalue weighted by molar-refractivity contribution is 7.88. The number of nitrogens with one attached hydrogen (secondary N) is 7. The summed E-state index contributed by atoms with van der Waals surface area (Å²) in [5.74, 6) is -0.653. The van der Waals surface area contributed by atoms with Crippen LogP contribution >= 0.6 is 34.0 Å². The minimum atomic E-state index is -3.38. The summed E-state index contributed by atoms with van der Waals surface area (Å²) >= 11 is 4.70.